The molecule has 6 aliphatic rings. The molecule has 0 N–H and O–H groups in total. The molecule has 6 nitrogen and oxygen atoms in total. The zero-order valence-corrected chi connectivity index (χ0v) is 19.6. The molecule has 2 aliphatic heterocycles. The largest absolute Gasteiger partial charge is 0.498 e. The third-order valence-corrected chi connectivity index (χ3v) is 10.3. The number of carbonyl (C=O) groups excluding carboxylic acids is 2. The number of fused-ring (bicyclic) bond motifs is 4. The molecule has 8 atom stereocenters. The summed E-state index contributed by atoms with van der Waals surface area (Å²) in [5.41, 5.74) is 0.0561. The Labute approximate surface area is 189 Å². The summed E-state index contributed by atoms with van der Waals surface area (Å²) in [6, 6.07) is 0. The molecule has 6 heteroatoms. The van der Waals surface area contributed by atoms with Crippen LogP contribution >= 0.6 is 0 Å². The molecule has 4 aliphatic carbocycles. The van der Waals surface area contributed by atoms with Crippen molar-refractivity contribution in [3.8, 4) is 0 Å². The van der Waals surface area contributed by atoms with Gasteiger partial charge < -0.3 is 18.9 Å². The summed E-state index contributed by atoms with van der Waals surface area (Å²) in [6.45, 7) is 7.26. The molecule has 174 valence electrons. The number of carbonyl (C=O) groups is 2. The van der Waals surface area contributed by atoms with Crippen LogP contribution in [-0.2, 0) is 28.5 Å². The van der Waals surface area contributed by atoms with Gasteiger partial charge in [0.15, 0.2) is 0 Å². The normalized spacial score (nSPS) is 50.3. The smallest absolute Gasteiger partial charge is 0.312 e. The molecule has 2 saturated carbocycles. The summed E-state index contributed by atoms with van der Waals surface area (Å²) < 4.78 is 24.0. The Balaban J connectivity index is 1.48. The van der Waals surface area contributed by atoms with Crippen molar-refractivity contribution in [3.63, 3.8) is 0 Å². The highest BCUT2D eigenvalue weighted by molar-refractivity contribution is 5.77. The fourth-order valence-corrected chi connectivity index (χ4v) is 8.71. The maximum Gasteiger partial charge on any atom is 0.312 e. The van der Waals surface area contributed by atoms with Crippen molar-refractivity contribution in [2.45, 2.75) is 83.0 Å². The molecule has 0 radical (unpaired) electrons. The lowest BCUT2D eigenvalue weighted by Gasteiger charge is -2.57. The lowest BCUT2D eigenvalue weighted by molar-refractivity contribution is -0.168. The summed E-state index contributed by atoms with van der Waals surface area (Å²) in [6.07, 6.45) is 10.2. The maximum atomic E-state index is 13.2. The van der Waals surface area contributed by atoms with Crippen molar-refractivity contribution in [2.75, 3.05) is 13.7 Å². The molecule has 0 aromatic heterocycles. The van der Waals surface area contributed by atoms with Crippen LogP contribution in [0.4, 0.5) is 0 Å². The van der Waals surface area contributed by atoms with E-state index in [0.29, 0.717) is 13.0 Å². The Morgan fingerprint density at radius 2 is 2.03 bits per heavy atom. The fraction of sp³-hybridized carbons (Fsp3) is 0.769. The van der Waals surface area contributed by atoms with Crippen LogP contribution in [0.2, 0.25) is 0 Å². The van der Waals surface area contributed by atoms with Crippen LogP contribution in [0.5, 0.6) is 0 Å². The zero-order valence-electron chi connectivity index (χ0n) is 19.6. The van der Waals surface area contributed by atoms with Gasteiger partial charge in [-0.3, -0.25) is 9.59 Å². The summed E-state index contributed by atoms with van der Waals surface area (Å²) in [7, 11) is 1.48. The van der Waals surface area contributed by atoms with Crippen LogP contribution in [0.25, 0.3) is 0 Å². The second-order valence-corrected chi connectivity index (χ2v) is 11.2. The molecule has 2 unspecified atom stereocenters. The van der Waals surface area contributed by atoms with Crippen LogP contribution in [0.3, 0.4) is 0 Å². The van der Waals surface area contributed by atoms with Crippen molar-refractivity contribution in [2.24, 2.45) is 28.6 Å². The zero-order chi connectivity index (χ0) is 22.5. The highest BCUT2D eigenvalue weighted by Crippen LogP contribution is 2.77. The highest BCUT2D eigenvalue weighted by Gasteiger charge is 2.83. The molecule has 0 aromatic carbocycles. The fourth-order valence-electron chi connectivity index (χ4n) is 8.71. The highest BCUT2D eigenvalue weighted by atomic mass is 16.6. The number of hydrogen-bond acceptors (Lipinski definition) is 6. The summed E-state index contributed by atoms with van der Waals surface area (Å²) in [5, 5.41) is 0. The van der Waals surface area contributed by atoms with Gasteiger partial charge in [-0.25, -0.2) is 0 Å². The van der Waals surface area contributed by atoms with Gasteiger partial charge in [0.25, 0.3) is 0 Å². The van der Waals surface area contributed by atoms with Gasteiger partial charge in [0.1, 0.15) is 11.2 Å². The predicted octanol–water partition coefficient (Wildman–Crippen LogP) is 4.09. The number of epoxide rings is 1. The Bertz CT molecular complexity index is 952. The number of rotatable bonds is 3. The quantitative estimate of drug-likeness (QED) is 0.484. The second kappa shape index (κ2) is 6.40. The van der Waals surface area contributed by atoms with Gasteiger partial charge in [-0.2, -0.15) is 0 Å². The van der Waals surface area contributed by atoms with Crippen LogP contribution in [-0.4, -0.2) is 43.0 Å². The number of methoxy groups -OCH3 is 1. The second-order valence-electron chi connectivity index (χ2n) is 11.2. The van der Waals surface area contributed by atoms with E-state index in [2.05, 4.69) is 26.0 Å². The first-order valence-corrected chi connectivity index (χ1v) is 12.3. The molecule has 0 bridgehead atoms. The first-order valence-electron chi connectivity index (χ1n) is 12.3. The molecule has 2 saturated heterocycles. The van der Waals surface area contributed by atoms with E-state index in [1.165, 1.54) is 7.11 Å². The number of ether oxygens (including phenoxy) is 4. The minimum Gasteiger partial charge on any atom is -0.498 e. The van der Waals surface area contributed by atoms with Gasteiger partial charge in [0.2, 0.25) is 0 Å². The Morgan fingerprint density at radius 3 is 2.72 bits per heavy atom. The molecule has 0 amide bonds. The van der Waals surface area contributed by atoms with Crippen LogP contribution < -0.4 is 0 Å². The van der Waals surface area contributed by atoms with Gasteiger partial charge in [0.05, 0.1) is 31.5 Å². The first-order chi connectivity index (χ1) is 15.2. The van der Waals surface area contributed by atoms with E-state index in [-0.39, 0.29) is 52.2 Å². The molecule has 2 heterocycles. The van der Waals surface area contributed by atoms with Crippen molar-refractivity contribution < 1.29 is 28.5 Å². The molecular formula is C26H34O6. The van der Waals surface area contributed by atoms with Crippen molar-refractivity contribution in [3.05, 3.63) is 23.5 Å². The minimum absolute atomic E-state index is 0.0353. The molecule has 0 aromatic rings. The third-order valence-electron chi connectivity index (χ3n) is 10.3. The van der Waals surface area contributed by atoms with Crippen LogP contribution in [0.1, 0.15) is 65.7 Å². The van der Waals surface area contributed by atoms with Crippen LogP contribution in [0, 0.1) is 28.6 Å². The number of esters is 2. The lowest BCUT2D eigenvalue weighted by Crippen LogP contribution is -2.62. The van der Waals surface area contributed by atoms with E-state index in [1.807, 2.05) is 6.92 Å². The Kier molecular flexibility index (Phi) is 4.15. The minimum atomic E-state index is -0.410. The van der Waals surface area contributed by atoms with E-state index < -0.39 is 5.60 Å². The van der Waals surface area contributed by atoms with Gasteiger partial charge in [-0.15, -0.1) is 0 Å². The summed E-state index contributed by atoms with van der Waals surface area (Å²) >= 11 is 0. The standard InChI is InChI=1S/C26H34O6/c1-5-30-16-6-9-23(2)15(12-16)13-17(22(28)29-4)21-18-7-10-25(11-8-20(27)32-25)24(18,3)14-19-26(21,23)31-19/h12-13,17-19,21H,5-11,14H2,1-4H3/t17-,18?,19+,21?,23+,24+,25-,26-/m1/s1. The van der Waals surface area contributed by atoms with Gasteiger partial charge in [-0.1, -0.05) is 19.9 Å². The van der Waals surface area contributed by atoms with Gasteiger partial charge >= 0.3 is 11.9 Å². The average Bonchev–Trinajstić information content (AvgIpc) is 3.25. The third kappa shape index (κ3) is 2.25. The average molecular weight is 443 g/mol. The lowest BCUT2D eigenvalue weighted by atomic mass is 9.45. The van der Waals surface area contributed by atoms with E-state index in [9.17, 15) is 9.59 Å². The Hall–Kier alpha value is -1.82. The van der Waals surface area contributed by atoms with E-state index in [1.54, 1.807) is 0 Å². The molecular weight excluding hydrogens is 408 g/mol. The Morgan fingerprint density at radius 1 is 1.22 bits per heavy atom. The SMILES string of the molecule is CCOC1=CC2=C[C@@H](C(=O)OC)C3C4CC[C@@]5(CCC(=O)O5)[C@@]4(C)C[C@@H]4O[C@@]34[C@@]2(C)CC1. The van der Waals surface area contributed by atoms with E-state index in [0.717, 1.165) is 49.9 Å². The van der Waals surface area contributed by atoms with Crippen LogP contribution in [0.15, 0.2) is 23.5 Å². The van der Waals surface area contributed by atoms with Gasteiger partial charge in [0, 0.05) is 29.6 Å². The monoisotopic (exact) mass is 442 g/mol. The maximum absolute atomic E-state index is 13.2. The molecule has 4 fully saturated rings. The van der Waals surface area contributed by atoms with Gasteiger partial charge in [-0.05, 0) is 56.6 Å². The first kappa shape index (κ1) is 20.8. The summed E-state index contributed by atoms with van der Waals surface area (Å²) in [5.74, 6) is 0.649. The van der Waals surface area contributed by atoms with Crippen molar-refractivity contribution in [1.29, 1.82) is 0 Å². The van der Waals surface area contributed by atoms with Crippen molar-refractivity contribution >= 4 is 11.9 Å². The van der Waals surface area contributed by atoms with E-state index in [4.69, 9.17) is 18.9 Å². The molecule has 2 spiro atoms. The summed E-state index contributed by atoms with van der Waals surface area (Å²) in [4.78, 5) is 25.3. The molecule has 6 rings (SSSR count). The molecule has 32 heavy (non-hydrogen) atoms. The van der Waals surface area contributed by atoms with E-state index >= 15 is 0 Å². The predicted molar refractivity (Wildman–Crippen MR) is 115 cm³/mol. The number of allylic oxidation sites excluding steroid dienone is 2. The number of hydrogen-bond donors (Lipinski definition) is 0. The topological polar surface area (TPSA) is 74.4 Å². The van der Waals surface area contributed by atoms with Crippen molar-refractivity contribution in [1.82, 2.24) is 0 Å².